The van der Waals surface area contributed by atoms with Crippen molar-refractivity contribution in [2.24, 2.45) is 0 Å². The molecule has 0 heterocycles. The van der Waals surface area contributed by atoms with Crippen molar-refractivity contribution in [1.82, 2.24) is 5.32 Å². The Morgan fingerprint density at radius 3 is 2.59 bits per heavy atom. The number of ether oxygens (including phenoxy) is 1. The summed E-state index contributed by atoms with van der Waals surface area (Å²) < 4.78 is 5.34. The number of nitrogens with zero attached hydrogens (tertiary/aromatic N) is 1. The van der Waals surface area contributed by atoms with Crippen LogP contribution in [0.25, 0.3) is 10.8 Å². The van der Waals surface area contributed by atoms with Crippen molar-refractivity contribution >= 4 is 22.6 Å². The molecule has 1 fully saturated rings. The SMILES string of the molecule is C[C@@H](OC(=O)Cc1cccc2ccccc12)C(=O)NC1(C#N)CCCCC1. The van der Waals surface area contributed by atoms with Crippen LogP contribution in [0.15, 0.2) is 42.5 Å². The fourth-order valence-electron chi connectivity index (χ4n) is 3.65. The first kappa shape index (κ1) is 18.9. The highest BCUT2D eigenvalue weighted by molar-refractivity contribution is 5.90. The maximum atomic E-state index is 12.4. The van der Waals surface area contributed by atoms with Crippen molar-refractivity contribution in [3.63, 3.8) is 0 Å². The third-order valence-electron chi connectivity index (χ3n) is 5.18. The average molecular weight is 364 g/mol. The molecule has 0 aliphatic heterocycles. The maximum Gasteiger partial charge on any atom is 0.311 e. The van der Waals surface area contributed by atoms with Gasteiger partial charge in [0.25, 0.3) is 5.91 Å². The number of benzene rings is 2. The van der Waals surface area contributed by atoms with Gasteiger partial charge in [0, 0.05) is 0 Å². The Morgan fingerprint density at radius 2 is 1.85 bits per heavy atom. The van der Waals surface area contributed by atoms with Crippen LogP contribution in [-0.2, 0) is 20.7 Å². The number of hydrogen-bond acceptors (Lipinski definition) is 4. The van der Waals surface area contributed by atoms with Crippen LogP contribution >= 0.6 is 0 Å². The van der Waals surface area contributed by atoms with Crippen LogP contribution in [-0.4, -0.2) is 23.5 Å². The summed E-state index contributed by atoms with van der Waals surface area (Å²) in [5.41, 5.74) is 0.0394. The molecule has 1 saturated carbocycles. The van der Waals surface area contributed by atoms with Gasteiger partial charge in [-0.1, -0.05) is 61.7 Å². The lowest BCUT2D eigenvalue weighted by Gasteiger charge is -2.32. The van der Waals surface area contributed by atoms with E-state index in [1.54, 1.807) is 6.92 Å². The van der Waals surface area contributed by atoms with E-state index >= 15 is 0 Å². The van der Waals surface area contributed by atoms with Crippen LogP contribution in [0.5, 0.6) is 0 Å². The number of amides is 1. The zero-order valence-electron chi connectivity index (χ0n) is 15.5. The van der Waals surface area contributed by atoms with Gasteiger partial charge in [-0.2, -0.15) is 5.26 Å². The summed E-state index contributed by atoms with van der Waals surface area (Å²) in [5, 5.41) is 14.3. The molecule has 1 aliphatic carbocycles. The normalized spacial score (nSPS) is 16.9. The fraction of sp³-hybridized carbons (Fsp3) is 0.409. The largest absolute Gasteiger partial charge is 0.452 e. The Hall–Kier alpha value is -2.87. The molecular formula is C22H24N2O3. The van der Waals surface area contributed by atoms with Crippen molar-refractivity contribution in [3.05, 3.63) is 48.0 Å². The van der Waals surface area contributed by atoms with E-state index in [1.165, 1.54) is 0 Å². The molecule has 3 rings (SSSR count). The lowest BCUT2D eigenvalue weighted by molar-refractivity contribution is -0.154. The first-order valence-corrected chi connectivity index (χ1v) is 9.42. The summed E-state index contributed by atoms with van der Waals surface area (Å²) in [6, 6.07) is 15.9. The van der Waals surface area contributed by atoms with Crippen molar-refractivity contribution in [2.45, 2.75) is 57.1 Å². The van der Waals surface area contributed by atoms with Gasteiger partial charge in [-0.15, -0.1) is 0 Å². The standard InChI is InChI=1S/C22H24N2O3/c1-16(21(26)24-22(15-23)12-5-2-6-13-22)27-20(25)14-18-10-7-9-17-8-3-4-11-19(17)18/h3-4,7-11,16H,2,5-6,12-14H2,1H3,(H,24,26)/t16-/m1/s1. The van der Waals surface area contributed by atoms with E-state index in [9.17, 15) is 14.9 Å². The highest BCUT2D eigenvalue weighted by Gasteiger charge is 2.35. The minimum Gasteiger partial charge on any atom is -0.452 e. The molecule has 0 radical (unpaired) electrons. The predicted octanol–water partition coefficient (Wildman–Crippen LogP) is 3.66. The topological polar surface area (TPSA) is 79.2 Å². The van der Waals surface area contributed by atoms with E-state index in [0.717, 1.165) is 35.6 Å². The Balaban J connectivity index is 1.61. The van der Waals surface area contributed by atoms with Crippen molar-refractivity contribution in [1.29, 1.82) is 5.26 Å². The van der Waals surface area contributed by atoms with Gasteiger partial charge in [-0.25, -0.2) is 0 Å². The Bertz CT molecular complexity index is 873. The number of fused-ring (bicyclic) bond motifs is 1. The monoisotopic (exact) mass is 364 g/mol. The van der Waals surface area contributed by atoms with E-state index in [1.807, 2.05) is 42.5 Å². The van der Waals surface area contributed by atoms with Crippen LogP contribution < -0.4 is 5.32 Å². The zero-order chi connectivity index (χ0) is 19.3. The number of nitriles is 1. The second-order valence-corrected chi connectivity index (χ2v) is 7.19. The second-order valence-electron chi connectivity index (χ2n) is 7.19. The number of carbonyl (C=O) groups is 2. The molecule has 2 aromatic rings. The average Bonchev–Trinajstić information content (AvgIpc) is 2.69. The number of rotatable bonds is 5. The number of carbonyl (C=O) groups excluding carboxylic acids is 2. The zero-order valence-corrected chi connectivity index (χ0v) is 15.5. The van der Waals surface area contributed by atoms with E-state index in [-0.39, 0.29) is 6.42 Å². The first-order valence-electron chi connectivity index (χ1n) is 9.42. The summed E-state index contributed by atoms with van der Waals surface area (Å²) in [4.78, 5) is 24.8. The number of hydrogen-bond donors (Lipinski definition) is 1. The Morgan fingerprint density at radius 1 is 1.15 bits per heavy atom. The third-order valence-corrected chi connectivity index (χ3v) is 5.18. The van der Waals surface area contributed by atoms with Gasteiger partial charge in [0.05, 0.1) is 12.5 Å². The molecule has 1 aliphatic rings. The molecule has 0 spiro atoms. The molecule has 0 unspecified atom stereocenters. The molecule has 27 heavy (non-hydrogen) atoms. The lowest BCUT2D eigenvalue weighted by atomic mass is 9.83. The number of nitrogens with one attached hydrogen (secondary N) is 1. The van der Waals surface area contributed by atoms with Gasteiger partial charge in [-0.3, -0.25) is 9.59 Å². The van der Waals surface area contributed by atoms with E-state index in [0.29, 0.717) is 12.8 Å². The van der Waals surface area contributed by atoms with Crippen LogP contribution in [0.1, 0.15) is 44.6 Å². The van der Waals surface area contributed by atoms with Crippen molar-refractivity contribution in [3.8, 4) is 6.07 Å². The summed E-state index contributed by atoms with van der Waals surface area (Å²) in [5.74, 6) is -0.867. The van der Waals surface area contributed by atoms with E-state index in [4.69, 9.17) is 4.74 Å². The number of esters is 1. The van der Waals surface area contributed by atoms with Gasteiger partial charge in [0.2, 0.25) is 0 Å². The molecule has 5 nitrogen and oxygen atoms in total. The lowest BCUT2D eigenvalue weighted by Crippen LogP contribution is -2.52. The molecule has 5 heteroatoms. The Labute approximate surface area is 159 Å². The first-order chi connectivity index (χ1) is 13.0. The van der Waals surface area contributed by atoms with Crippen LogP contribution in [0.4, 0.5) is 0 Å². The second kappa shape index (κ2) is 8.22. The Kier molecular flexibility index (Phi) is 5.75. The highest BCUT2D eigenvalue weighted by atomic mass is 16.5. The van der Waals surface area contributed by atoms with Gasteiger partial charge < -0.3 is 10.1 Å². The molecule has 0 aromatic heterocycles. The van der Waals surface area contributed by atoms with Crippen LogP contribution in [0.3, 0.4) is 0 Å². The third kappa shape index (κ3) is 4.46. The minimum atomic E-state index is -0.931. The quantitative estimate of drug-likeness (QED) is 0.821. The van der Waals surface area contributed by atoms with E-state index in [2.05, 4.69) is 11.4 Å². The molecule has 0 saturated heterocycles. The summed E-state index contributed by atoms with van der Waals surface area (Å²) >= 11 is 0. The van der Waals surface area contributed by atoms with Crippen molar-refractivity contribution < 1.29 is 14.3 Å². The maximum absolute atomic E-state index is 12.4. The van der Waals surface area contributed by atoms with Crippen molar-refractivity contribution in [2.75, 3.05) is 0 Å². The molecule has 140 valence electrons. The molecular weight excluding hydrogens is 340 g/mol. The predicted molar refractivity (Wildman–Crippen MR) is 103 cm³/mol. The van der Waals surface area contributed by atoms with E-state index < -0.39 is 23.5 Å². The molecule has 2 aromatic carbocycles. The van der Waals surface area contributed by atoms with Crippen LogP contribution in [0.2, 0.25) is 0 Å². The summed E-state index contributed by atoms with van der Waals surface area (Å²) in [6.45, 7) is 1.55. The smallest absolute Gasteiger partial charge is 0.311 e. The summed E-state index contributed by atoms with van der Waals surface area (Å²) in [6.07, 6.45) is 3.38. The van der Waals surface area contributed by atoms with Gasteiger partial charge in [0.1, 0.15) is 5.54 Å². The molecule has 1 amide bonds. The van der Waals surface area contributed by atoms with Gasteiger partial charge in [-0.05, 0) is 36.1 Å². The molecule has 1 N–H and O–H groups in total. The highest BCUT2D eigenvalue weighted by Crippen LogP contribution is 2.27. The van der Waals surface area contributed by atoms with Crippen LogP contribution in [0, 0.1) is 11.3 Å². The van der Waals surface area contributed by atoms with Gasteiger partial charge in [0.15, 0.2) is 6.10 Å². The van der Waals surface area contributed by atoms with Gasteiger partial charge >= 0.3 is 5.97 Å². The fourth-order valence-corrected chi connectivity index (χ4v) is 3.65. The molecule has 1 atom stereocenters. The minimum absolute atomic E-state index is 0.0996. The summed E-state index contributed by atoms with van der Waals surface area (Å²) in [7, 11) is 0. The molecule has 0 bridgehead atoms.